The third-order valence-electron chi connectivity index (χ3n) is 11.8. The molecule has 0 aromatic heterocycles. The topological polar surface area (TPSA) is 86.6 Å². The van der Waals surface area contributed by atoms with E-state index in [-0.39, 0.29) is 0 Å². The Morgan fingerprint density at radius 3 is 0.902 bits per heavy atom. The van der Waals surface area contributed by atoms with Gasteiger partial charge in [0.15, 0.2) is 0 Å². The SMILES string of the molecule is COc1ccc(P(Oc2c(Cc3cc(C)c(O)c(C)c3)cc(C)cc2Cc2cc(C)c(O)c(C)c2)(c2ccc(OC)cc2)(c2ccc(OC)cc2)c2ccc(OC)cc2)cc1. The molecule has 0 saturated carbocycles. The number of hydrogen-bond donors (Lipinski definition) is 2. The van der Waals surface area contributed by atoms with Crippen molar-refractivity contribution >= 4 is 28.0 Å². The van der Waals surface area contributed by atoms with Crippen LogP contribution in [0.5, 0.6) is 40.2 Å². The molecule has 0 radical (unpaired) electrons. The van der Waals surface area contributed by atoms with Crippen LogP contribution in [0.1, 0.15) is 50.1 Å². The van der Waals surface area contributed by atoms with Crippen LogP contribution in [-0.2, 0) is 12.8 Å². The van der Waals surface area contributed by atoms with Crippen LogP contribution in [0.3, 0.4) is 0 Å². The number of phenols is 2. The quantitative estimate of drug-likeness (QED) is 0.106. The Morgan fingerprint density at radius 1 is 0.393 bits per heavy atom. The van der Waals surface area contributed by atoms with Gasteiger partial charge >= 0.3 is 361 Å². The second-order valence-corrected chi connectivity index (χ2v) is 20.2. The Morgan fingerprint density at radius 2 is 0.656 bits per heavy atom. The molecule has 0 spiro atoms. The molecule has 0 aliphatic heterocycles. The van der Waals surface area contributed by atoms with Crippen LogP contribution in [0.15, 0.2) is 133 Å². The number of hydrogen-bond acceptors (Lipinski definition) is 7. The maximum atomic E-state index is 10.8. The van der Waals surface area contributed by atoms with Crippen LogP contribution in [0.2, 0.25) is 0 Å². The van der Waals surface area contributed by atoms with Crippen molar-refractivity contribution in [2.45, 2.75) is 47.5 Å². The summed E-state index contributed by atoms with van der Waals surface area (Å²) in [6, 6.07) is 45.7. The molecule has 0 heterocycles. The second kappa shape index (κ2) is 17.3. The average Bonchev–Trinajstić information content (AvgIpc) is 3.27. The first kappa shape index (κ1) is 42.7. The zero-order valence-corrected chi connectivity index (χ0v) is 37.4. The van der Waals surface area contributed by atoms with Gasteiger partial charge in [0, 0.05) is 0 Å². The van der Waals surface area contributed by atoms with E-state index in [0.29, 0.717) is 47.3 Å². The molecule has 7 rings (SSSR count). The van der Waals surface area contributed by atoms with Crippen LogP contribution in [-0.4, -0.2) is 38.7 Å². The van der Waals surface area contributed by atoms with Gasteiger partial charge in [0.1, 0.15) is 0 Å². The maximum absolute atomic E-state index is 10.8. The van der Waals surface area contributed by atoms with Crippen LogP contribution in [0.4, 0.5) is 0 Å². The summed E-state index contributed by atoms with van der Waals surface area (Å²) >= 11 is 0. The molecule has 314 valence electrons. The molecule has 7 nitrogen and oxygen atoms in total. The predicted molar refractivity (Wildman–Crippen MR) is 250 cm³/mol. The van der Waals surface area contributed by atoms with Gasteiger partial charge < -0.3 is 0 Å². The van der Waals surface area contributed by atoms with Crippen molar-refractivity contribution in [1.82, 2.24) is 0 Å². The summed E-state index contributed by atoms with van der Waals surface area (Å²) in [5.74, 6) is 4.20. The normalized spacial score (nSPS) is 12.0. The third-order valence-corrected chi connectivity index (χ3v) is 17.5. The molecular formula is C53H55O7P. The molecule has 0 aliphatic rings. The summed E-state index contributed by atoms with van der Waals surface area (Å²) in [4.78, 5) is 0. The summed E-state index contributed by atoms with van der Waals surface area (Å²) in [6.45, 7) is 5.40. The fourth-order valence-corrected chi connectivity index (χ4v) is 14.5. The second-order valence-electron chi connectivity index (χ2n) is 15.8. The van der Waals surface area contributed by atoms with Gasteiger partial charge in [0.05, 0.1) is 0 Å². The Kier molecular flexibility index (Phi) is 12.1. The minimum atomic E-state index is -4.47. The molecule has 0 amide bonds. The standard InChI is InChI=1S/C53H55O7P/c1-34-26-41(32-39-28-35(2)51(54)36(3)29-39)53(42(27-34)33-40-30-37(4)52(55)38(5)31-40)60-61(47-18-10-43(56-6)11-19-47,48-20-12-44(57-7)13-21-48,49-22-14-45(58-8)15-23-49)50-24-16-46(59-9)17-25-50/h10-31,54-55H,32-33H2,1-9H3. The van der Waals surface area contributed by atoms with Gasteiger partial charge in [0.25, 0.3) is 0 Å². The van der Waals surface area contributed by atoms with Crippen molar-refractivity contribution in [3.05, 3.63) is 184 Å². The molecule has 2 N–H and O–H groups in total. The Bertz CT molecular complexity index is 2340. The van der Waals surface area contributed by atoms with Crippen molar-refractivity contribution in [2.24, 2.45) is 0 Å². The van der Waals surface area contributed by atoms with Gasteiger partial charge in [0.2, 0.25) is 0 Å². The molecule has 8 heteroatoms. The van der Waals surface area contributed by atoms with E-state index >= 15 is 0 Å². The van der Waals surface area contributed by atoms with E-state index in [1.807, 2.05) is 76.2 Å². The number of benzene rings is 7. The number of aryl methyl sites for hydroxylation is 5. The molecular weight excluding hydrogens is 780 g/mol. The Balaban J connectivity index is 1.68. The van der Waals surface area contributed by atoms with Crippen molar-refractivity contribution in [3.63, 3.8) is 0 Å². The Labute approximate surface area is 360 Å². The van der Waals surface area contributed by atoms with E-state index in [0.717, 1.165) is 77.0 Å². The van der Waals surface area contributed by atoms with E-state index in [9.17, 15) is 10.2 Å². The first-order chi connectivity index (χ1) is 29.3. The molecule has 0 atom stereocenters. The monoisotopic (exact) mass is 834 g/mol. The number of aromatic hydroxyl groups is 2. The number of rotatable bonds is 14. The van der Waals surface area contributed by atoms with Crippen LogP contribution < -0.4 is 44.7 Å². The van der Waals surface area contributed by atoms with E-state index in [1.54, 1.807) is 28.4 Å². The summed E-state index contributed by atoms with van der Waals surface area (Å²) in [5.41, 5.74) is 8.42. The van der Waals surface area contributed by atoms with E-state index in [1.165, 1.54) is 0 Å². The molecule has 0 unspecified atom stereocenters. The zero-order valence-electron chi connectivity index (χ0n) is 36.5. The first-order valence-electron chi connectivity index (χ1n) is 20.3. The molecule has 7 aromatic carbocycles. The molecule has 61 heavy (non-hydrogen) atoms. The first-order valence-corrected chi connectivity index (χ1v) is 22.5. The van der Waals surface area contributed by atoms with Crippen molar-refractivity contribution in [1.29, 1.82) is 0 Å². The van der Waals surface area contributed by atoms with Gasteiger partial charge in [-0.3, -0.25) is 0 Å². The molecule has 0 aliphatic carbocycles. The molecule has 0 fully saturated rings. The average molecular weight is 835 g/mol. The summed E-state index contributed by atoms with van der Waals surface area (Å²) in [6.07, 6.45) is 1.06. The van der Waals surface area contributed by atoms with Gasteiger partial charge in [-0.15, -0.1) is 0 Å². The van der Waals surface area contributed by atoms with Crippen LogP contribution in [0.25, 0.3) is 0 Å². The Hall–Kier alpha value is -6.43. The number of phenolic OH excluding ortho intramolecular Hbond substituents is 2. The molecule has 0 saturated heterocycles. The molecule has 7 aromatic rings. The van der Waals surface area contributed by atoms with E-state index < -0.39 is 6.83 Å². The van der Waals surface area contributed by atoms with Crippen LogP contribution in [0, 0.1) is 34.6 Å². The van der Waals surface area contributed by atoms with E-state index in [2.05, 4.69) is 91.9 Å². The van der Waals surface area contributed by atoms with Crippen molar-refractivity contribution in [3.8, 4) is 40.2 Å². The third kappa shape index (κ3) is 7.75. The summed E-state index contributed by atoms with van der Waals surface area (Å²) < 4.78 is 31.6. The molecule has 0 bridgehead atoms. The number of ether oxygens (including phenoxy) is 4. The van der Waals surface area contributed by atoms with Gasteiger partial charge in [-0.2, -0.15) is 0 Å². The minimum absolute atomic E-state index is 0.297. The van der Waals surface area contributed by atoms with Crippen LogP contribution >= 0.6 is 6.83 Å². The predicted octanol–water partition coefficient (Wildman–Crippen LogP) is 10.0. The summed E-state index contributed by atoms with van der Waals surface area (Å²) in [5, 5.41) is 25.4. The summed E-state index contributed by atoms with van der Waals surface area (Å²) in [7, 11) is 6.69. The fourth-order valence-electron chi connectivity index (χ4n) is 8.80. The van der Waals surface area contributed by atoms with E-state index in [4.69, 9.17) is 23.5 Å². The van der Waals surface area contributed by atoms with Gasteiger partial charge in [-0.05, 0) is 0 Å². The van der Waals surface area contributed by atoms with Crippen molar-refractivity contribution < 1.29 is 33.7 Å². The van der Waals surface area contributed by atoms with Gasteiger partial charge in [-0.1, -0.05) is 0 Å². The zero-order chi connectivity index (χ0) is 43.5. The van der Waals surface area contributed by atoms with Gasteiger partial charge in [-0.25, -0.2) is 0 Å². The van der Waals surface area contributed by atoms with Crippen molar-refractivity contribution in [2.75, 3.05) is 28.4 Å². The fraction of sp³-hybridized carbons (Fsp3) is 0.208. The number of methoxy groups -OCH3 is 4.